The first-order chi connectivity index (χ1) is 15.6. The van der Waals surface area contributed by atoms with E-state index in [1.54, 1.807) is 19.1 Å². The van der Waals surface area contributed by atoms with Gasteiger partial charge < -0.3 is 14.1 Å². The van der Waals surface area contributed by atoms with Gasteiger partial charge >= 0.3 is 17.8 Å². The van der Waals surface area contributed by atoms with E-state index in [1.807, 2.05) is 0 Å². The number of alkyl halides is 3. The van der Waals surface area contributed by atoms with Gasteiger partial charge in [0, 0.05) is 41.3 Å². The van der Waals surface area contributed by atoms with Crippen LogP contribution in [0.5, 0.6) is 0 Å². The van der Waals surface area contributed by atoms with E-state index in [0.717, 1.165) is 11.6 Å². The predicted molar refractivity (Wildman–Crippen MR) is 116 cm³/mol. The van der Waals surface area contributed by atoms with Gasteiger partial charge in [-0.15, -0.1) is 0 Å². The third-order valence-electron chi connectivity index (χ3n) is 5.63. The molecule has 10 heteroatoms. The summed E-state index contributed by atoms with van der Waals surface area (Å²) in [5.41, 5.74) is 0.0708. The number of benzene rings is 1. The van der Waals surface area contributed by atoms with Gasteiger partial charge in [-0.1, -0.05) is 11.6 Å². The smallest absolute Gasteiger partial charge is 0.419 e. The van der Waals surface area contributed by atoms with Gasteiger partial charge in [0.1, 0.15) is 18.0 Å². The molecule has 1 saturated heterocycles. The fourth-order valence-electron chi connectivity index (χ4n) is 3.97. The second-order valence-corrected chi connectivity index (χ2v) is 8.36. The Morgan fingerprint density at radius 1 is 1.33 bits per heavy atom. The SMILES string of the molecule is Cc1cc2oc(=O)cc(COC(=O)C3CCCN(c4ncccc4C(F)(F)F)C3)c2cc1Cl. The number of hydrogen-bond acceptors (Lipinski definition) is 6. The van der Waals surface area contributed by atoms with Crippen molar-refractivity contribution >= 4 is 34.4 Å². The van der Waals surface area contributed by atoms with Crippen molar-refractivity contribution in [1.82, 2.24) is 4.98 Å². The number of ether oxygens (including phenoxy) is 1. The Morgan fingerprint density at radius 2 is 2.12 bits per heavy atom. The highest BCUT2D eigenvalue weighted by Crippen LogP contribution is 2.36. The molecule has 2 aromatic heterocycles. The number of halogens is 4. The molecule has 0 radical (unpaired) electrons. The number of fused-ring (bicyclic) bond motifs is 1. The topological polar surface area (TPSA) is 72.6 Å². The van der Waals surface area contributed by atoms with E-state index in [1.165, 1.54) is 23.2 Å². The van der Waals surface area contributed by atoms with E-state index in [4.69, 9.17) is 20.8 Å². The van der Waals surface area contributed by atoms with Crippen molar-refractivity contribution < 1.29 is 27.1 Å². The second kappa shape index (κ2) is 9.05. The third-order valence-corrected chi connectivity index (χ3v) is 6.03. The molecule has 0 amide bonds. The predicted octanol–water partition coefficient (Wildman–Crippen LogP) is 5.13. The fourth-order valence-corrected chi connectivity index (χ4v) is 4.13. The van der Waals surface area contributed by atoms with E-state index in [2.05, 4.69) is 4.98 Å². The van der Waals surface area contributed by atoms with Crippen molar-refractivity contribution in [2.24, 2.45) is 5.92 Å². The fraction of sp³-hybridized carbons (Fsp3) is 0.348. The van der Waals surface area contributed by atoms with Crippen LogP contribution in [0.4, 0.5) is 19.0 Å². The molecule has 0 saturated carbocycles. The van der Waals surface area contributed by atoms with E-state index < -0.39 is 29.3 Å². The molecule has 1 atom stereocenters. The van der Waals surface area contributed by atoms with Gasteiger partial charge in [-0.25, -0.2) is 9.78 Å². The van der Waals surface area contributed by atoms with Gasteiger partial charge in [0.2, 0.25) is 0 Å². The number of esters is 1. The lowest BCUT2D eigenvalue weighted by atomic mass is 9.97. The molecule has 6 nitrogen and oxygen atoms in total. The average Bonchev–Trinajstić information content (AvgIpc) is 2.78. The van der Waals surface area contributed by atoms with E-state index in [0.29, 0.717) is 40.9 Å². The van der Waals surface area contributed by atoms with Crippen molar-refractivity contribution in [1.29, 1.82) is 0 Å². The van der Waals surface area contributed by atoms with E-state index in [9.17, 15) is 22.8 Å². The normalized spacial score (nSPS) is 16.8. The standard InChI is InChI=1S/C23H20ClF3N2O4/c1-13-8-19-16(10-18(13)24)15(9-20(30)33-19)12-32-22(31)14-4-3-7-29(11-14)21-17(23(25,26)27)5-2-6-28-21/h2,5-6,8-10,14H,3-4,7,11-12H2,1H3. The highest BCUT2D eigenvalue weighted by atomic mass is 35.5. The van der Waals surface area contributed by atoms with Crippen LogP contribution >= 0.6 is 11.6 Å². The van der Waals surface area contributed by atoms with Crippen LogP contribution in [0.15, 0.2) is 45.7 Å². The summed E-state index contributed by atoms with van der Waals surface area (Å²) in [6.45, 7) is 2.00. The van der Waals surface area contributed by atoms with Gasteiger partial charge in [0.15, 0.2) is 0 Å². The summed E-state index contributed by atoms with van der Waals surface area (Å²) < 4.78 is 50.8. The Balaban J connectivity index is 1.50. The van der Waals surface area contributed by atoms with Crippen LogP contribution in [0, 0.1) is 12.8 Å². The molecule has 0 bridgehead atoms. The number of carbonyl (C=O) groups is 1. The molecule has 1 unspecified atom stereocenters. The minimum absolute atomic E-state index is 0.0572. The summed E-state index contributed by atoms with van der Waals surface area (Å²) in [7, 11) is 0. The Bertz CT molecular complexity index is 1260. The molecule has 1 aromatic carbocycles. The summed E-state index contributed by atoms with van der Waals surface area (Å²) >= 11 is 6.18. The minimum Gasteiger partial charge on any atom is -0.461 e. The van der Waals surface area contributed by atoms with Crippen molar-refractivity contribution in [2.75, 3.05) is 18.0 Å². The van der Waals surface area contributed by atoms with Crippen molar-refractivity contribution in [3.05, 3.63) is 68.7 Å². The zero-order valence-corrected chi connectivity index (χ0v) is 18.4. The third kappa shape index (κ3) is 4.98. The summed E-state index contributed by atoms with van der Waals surface area (Å²) in [6.07, 6.45) is -2.26. The number of anilines is 1. The largest absolute Gasteiger partial charge is 0.461 e. The molecule has 174 valence electrons. The number of hydrogen-bond donors (Lipinski definition) is 0. The van der Waals surface area contributed by atoms with Crippen LogP contribution in [0.3, 0.4) is 0 Å². The molecular weight excluding hydrogens is 461 g/mol. The monoisotopic (exact) mass is 480 g/mol. The van der Waals surface area contributed by atoms with E-state index in [-0.39, 0.29) is 19.0 Å². The van der Waals surface area contributed by atoms with Crippen LogP contribution in [0.25, 0.3) is 11.0 Å². The van der Waals surface area contributed by atoms with Crippen LogP contribution in [0.1, 0.15) is 29.5 Å². The first kappa shape index (κ1) is 23.1. The highest BCUT2D eigenvalue weighted by Gasteiger charge is 2.37. The number of piperidine rings is 1. The molecule has 3 aromatic rings. The lowest BCUT2D eigenvalue weighted by Crippen LogP contribution is -2.40. The maximum absolute atomic E-state index is 13.4. The summed E-state index contributed by atoms with van der Waals surface area (Å²) in [4.78, 5) is 30.0. The number of aryl methyl sites for hydroxylation is 1. The number of pyridine rings is 1. The van der Waals surface area contributed by atoms with Gasteiger partial charge in [0.25, 0.3) is 0 Å². The first-order valence-electron chi connectivity index (χ1n) is 10.3. The second-order valence-electron chi connectivity index (χ2n) is 7.95. The first-order valence-corrected chi connectivity index (χ1v) is 10.7. The Hall–Kier alpha value is -3.07. The molecule has 0 aliphatic carbocycles. The van der Waals surface area contributed by atoms with Crippen molar-refractivity contribution in [2.45, 2.75) is 32.5 Å². The maximum Gasteiger partial charge on any atom is 0.419 e. The quantitative estimate of drug-likeness (QED) is 0.381. The molecule has 1 aliphatic rings. The number of nitrogens with zero attached hydrogens (tertiary/aromatic N) is 2. The van der Waals surface area contributed by atoms with Gasteiger partial charge in [0.05, 0.1) is 11.5 Å². The molecule has 3 heterocycles. The minimum atomic E-state index is -4.55. The lowest BCUT2D eigenvalue weighted by Gasteiger charge is -2.33. The van der Waals surface area contributed by atoms with Gasteiger partial charge in [-0.2, -0.15) is 13.2 Å². The summed E-state index contributed by atoms with van der Waals surface area (Å²) in [5, 5.41) is 1.02. The van der Waals surface area contributed by atoms with Crippen molar-refractivity contribution in [3.8, 4) is 0 Å². The highest BCUT2D eigenvalue weighted by molar-refractivity contribution is 6.32. The molecule has 4 rings (SSSR count). The number of aromatic nitrogens is 1. The summed E-state index contributed by atoms with van der Waals surface area (Å²) in [6, 6.07) is 6.71. The summed E-state index contributed by atoms with van der Waals surface area (Å²) in [5.74, 6) is -1.37. The zero-order valence-electron chi connectivity index (χ0n) is 17.6. The van der Waals surface area contributed by atoms with Crippen molar-refractivity contribution in [3.63, 3.8) is 0 Å². The van der Waals surface area contributed by atoms with Gasteiger partial charge in [-0.05, 0) is 49.6 Å². The van der Waals surface area contributed by atoms with E-state index >= 15 is 0 Å². The number of carbonyl (C=O) groups excluding carboxylic acids is 1. The average molecular weight is 481 g/mol. The molecular formula is C23H20ClF3N2O4. The maximum atomic E-state index is 13.4. The molecule has 1 aliphatic heterocycles. The van der Waals surface area contributed by atoms with Crippen LogP contribution in [0.2, 0.25) is 5.02 Å². The van der Waals surface area contributed by atoms with Gasteiger partial charge in [-0.3, -0.25) is 4.79 Å². The zero-order chi connectivity index (χ0) is 23.8. The Morgan fingerprint density at radius 3 is 2.88 bits per heavy atom. The molecule has 0 spiro atoms. The molecule has 0 N–H and O–H groups in total. The van der Waals surface area contributed by atoms with Crippen LogP contribution in [-0.4, -0.2) is 24.0 Å². The van der Waals surface area contributed by atoms with Crippen LogP contribution < -0.4 is 10.5 Å². The Kier molecular flexibility index (Phi) is 6.34. The lowest BCUT2D eigenvalue weighted by molar-refractivity contribution is -0.150. The molecule has 33 heavy (non-hydrogen) atoms. The number of rotatable bonds is 4. The van der Waals surface area contributed by atoms with Crippen LogP contribution in [-0.2, 0) is 22.3 Å². The molecule has 1 fully saturated rings. The Labute approximate surface area is 191 Å².